The second-order valence-electron chi connectivity index (χ2n) is 3.51. The lowest BCUT2D eigenvalue weighted by molar-refractivity contribution is 0.138. The van der Waals surface area contributed by atoms with Crippen LogP contribution in [0.4, 0.5) is 0 Å². The summed E-state index contributed by atoms with van der Waals surface area (Å²) in [6, 6.07) is 7.69. The quantitative estimate of drug-likeness (QED) is 0.446. The average Bonchev–Trinajstić information content (AvgIpc) is 2.36. The van der Waals surface area contributed by atoms with Gasteiger partial charge in [-0.3, -0.25) is 9.11 Å². The largest absolute Gasteiger partial charge is 0.491 e. The minimum atomic E-state index is -5.31. The van der Waals surface area contributed by atoms with Gasteiger partial charge in [-0.05, 0) is 18.1 Å². The first-order valence-corrected chi connectivity index (χ1v) is 8.87. The number of ether oxygens (including phenoxy) is 1. The molecule has 0 saturated carbocycles. The summed E-state index contributed by atoms with van der Waals surface area (Å²) in [6.07, 6.45) is 2.59. The molecule has 0 aromatic heterocycles. The second-order valence-corrected chi connectivity index (χ2v) is 7.75. The van der Waals surface area contributed by atoms with Crippen LogP contribution >= 0.6 is 0 Å². The molecule has 8 nitrogen and oxygen atoms in total. The summed E-state index contributed by atoms with van der Waals surface area (Å²) >= 11 is 0. The predicted molar refractivity (Wildman–Crippen MR) is 74.5 cm³/mol. The zero-order chi connectivity index (χ0) is 16.5. The van der Waals surface area contributed by atoms with E-state index in [-0.39, 0.29) is 13.2 Å². The van der Waals surface area contributed by atoms with Crippen molar-refractivity contribution in [3.05, 3.63) is 42.5 Å². The van der Waals surface area contributed by atoms with Gasteiger partial charge in [0.15, 0.2) is 0 Å². The minimum absolute atomic E-state index is 0.206. The van der Waals surface area contributed by atoms with Crippen molar-refractivity contribution in [2.24, 2.45) is 0 Å². The molecule has 2 N–H and O–H groups in total. The summed E-state index contributed by atoms with van der Waals surface area (Å²) in [6.45, 7) is 3.68. The van der Waals surface area contributed by atoms with Crippen molar-refractivity contribution in [2.75, 3.05) is 13.2 Å². The molecule has 0 spiro atoms. The Labute approximate surface area is 122 Å². The smallest absolute Gasteiger partial charge is 0.397 e. The van der Waals surface area contributed by atoms with E-state index in [4.69, 9.17) is 13.8 Å². The van der Waals surface area contributed by atoms with Gasteiger partial charge in [0.1, 0.15) is 19.0 Å². The molecule has 0 saturated heterocycles. The molecular weight excluding hydrogens is 324 g/mol. The molecule has 0 aliphatic heterocycles. The van der Waals surface area contributed by atoms with E-state index in [1.165, 1.54) is 0 Å². The Morgan fingerprint density at radius 3 is 2.05 bits per heavy atom. The maximum absolute atomic E-state index is 10.2. The molecule has 1 aromatic carbocycles. The number of hydrogen-bond acceptors (Lipinski definition) is 5. The average molecular weight is 339 g/mol. The fraction of sp³-hybridized carbons (Fsp3) is 0.273. The molecule has 119 valence electrons. The fourth-order valence-electron chi connectivity index (χ4n) is 1.12. The van der Waals surface area contributed by atoms with Gasteiger partial charge < -0.3 is 4.74 Å². The van der Waals surface area contributed by atoms with E-state index in [1.54, 1.807) is 0 Å². The van der Waals surface area contributed by atoms with Crippen molar-refractivity contribution < 1.29 is 35.8 Å². The zero-order valence-electron chi connectivity index (χ0n) is 10.9. The van der Waals surface area contributed by atoms with Crippen molar-refractivity contribution in [3.63, 3.8) is 0 Å². The summed E-state index contributed by atoms with van der Waals surface area (Å²) < 4.78 is 57.7. The van der Waals surface area contributed by atoms with Gasteiger partial charge in [0, 0.05) is 0 Å². The van der Waals surface area contributed by atoms with Crippen molar-refractivity contribution in [1.82, 2.24) is 0 Å². The van der Waals surface area contributed by atoms with Gasteiger partial charge in [-0.15, -0.1) is 6.58 Å². The minimum Gasteiger partial charge on any atom is -0.491 e. The van der Waals surface area contributed by atoms with Gasteiger partial charge in [-0.2, -0.15) is 16.8 Å². The molecule has 0 fully saturated rings. The molecule has 0 aliphatic carbocycles. The van der Waals surface area contributed by atoms with E-state index in [1.807, 2.05) is 30.3 Å². The maximum Gasteiger partial charge on any atom is 0.397 e. The van der Waals surface area contributed by atoms with Crippen LogP contribution in [0.15, 0.2) is 36.9 Å². The van der Waals surface area contributed by atoms with E-state index < -0.39 is 18.3 Å². The van der Waals surface area contributed by atoms with Gasteiger partial charge in [0.2, 0.25) is 0 Å². The van der Waals surface area contributed by atoms with Gasteiger partial charge in [-0.1, -0.05) is 24.3 Å². The molecule has 0 unspecified atom stereocenters. The normalized spacial score (nSPS) is 11.2. The van der Waals surface area contributed by atoms with Crippen molar-refractivity contribution in [3.8, 4) is 5.75 Å². The first-order chi connectivity index (χ1) is 9.63. The van der Waals surface area contributed by atoms with E-state index >= 15 is 0 Å². The summed E-state index contributed by atoms with van der Waals surface area (Å²) in [5, 5.41) is 10.2. The van der Waals surface area contributed by atoms with Gasteiger partial charge in [0.05, 0.1) is 0 Å². The molecular formula is C11H15O8S2. The van der Waals surface area contributed by atoms with E-state index in [0.29, 0.717) is 0 Å². The first-order valence-electron chi connectivity index (χ1n) is 5.48. The highest BCUT2D eigenvalue weighted by Gasteiger charge is 2.22. The van der Waals surface area contributed by atoms with Crippen LogP contribution in [-0.2, 0) is 29.8 Å². The first kappa shape index (κ1) is 19.5. The highest BCUT2D eigenvalue weighted by Crippen LogP contribution is 2.18. The van der Waals surface area contributed by atoms with Crippen molar-refractivity contribution >= 4 is 18.3 Å². The molecule has 0 heterocycles. The number of benzene rings is 1. The number of hydrogen-bond donors (Lipinski definition) is 2. The molecule has 10 heteroatoms. The summed E-state index contributed by atoms with van der Waals surface area (Å²) in [5.41, 5.74) is 1.07. The SMILES string of the molecule is C=CCc1ccccc1OCC[O].O=S(=O)(O)S(=O)(=O)O. The lowest BCUT2D eigenvalue weighted by Crippen LogP contribution is -2.11. The molecule has 1 radical (unpaired) electrons. The standard InChI is InChI=1S/C11H13O2.H2O6S2/c1-2-5-10-6-3-4-7-11(10)13-9-8-12;1-7(2,3)8(4,5)6/h2-4,6-7H,1,5,8-9H2;(H,1,2,3)(H,4,5,6). The van der Waals surface area contributed by atoms with Crippen LogP contribution in [0.3, 0.4) is 0 Å². The summed E-state index contributed by atoms with van der Waals surface area (Å²) in [4.78, 5) is 0. The molecule has 0 atom stereocenters. The Hall–Kier alpha value is -1.46. The topological polar surface area (TPSA) is 138 Å². The Bertz CT molecular complexity index is 619. The zero-order valence-corrected chi connectivity index (χ0v) is 12.5. The van der Waals surface area contributed by atoms with Crippen LogP contribution in [0.1, 0.15) is 5.56 Å². The van der Waals surface area contributed by atoms with Crippen LogP contribution < -0.4 is 4.74 Å². The van der Waals surface area contributed by atoms with Crippen molar-refractivity contribution in [1.29, 1.82) is 0 Å². The second kappa shape index (κ2) is 8.74. The highest BCUT2D eigenvalue weighted by molar-refractivity contribution is 8.62. The van der Waals surface area contributed by atoms with Crippen LogP contribution in [0.5, 0.6) is 5.75 Å². The van der Waals surface area contributed by atoms with Gasteiger partial charge >= 0.3 is 18.3 Å². The number of para-hydroxylation sites is 1. The van der Waals surface area contributed by atoms with Crippen LogP contribution in [-0.4, -0.2) is 39.2 Å². The lowest BCUT2D eigenvalue weighted by Gasteiger charge is -2.07. The maximum atomic E-state index is 10.2. The summed E-state index contributed by atoms with van der Waals surface area (Å²) in [7, 11) is -10.6. The van der Waals surface area contributed by atoms with Gasteiger partial charge in [-0.25, -0.2) is 5.11 Å². The Balaban J connectivity index is 0.000000433. The molecule has 1 rings (SSSR count). The Kier molecular flexibility index (Phi) is 8.14. The lowest BCUT2D eigenvalue weighted by atomic mass is 10.1. The molecule has 1 aromatic rings. The third-order valence-corrected chi connectivity index (χ3v) is 4.07. The van der Waals surface area contributed by atoms with Crippen molar-refractivity contribution in [2.45, 2.75) is 6.42 Å². The van der Waals surface area contributed by atoms with Crippen LogP contribution in [0, 0.1) is 0 Å². The molecule has 0 amide bonds. The Morgan fingerprint density at radius 2 is 1.62 bits per heavy atom. The van der Waals surface area contributed by atoms with E-state index in [9.17, 15) is 21.9 Å². The fourth-order valence-corrected chi connectivity index (χ4v) is 1.12. The van der Waals surface area contributed by atoms with Crippen LogP contribution in [0.25, 0.3) is 0 Å². The number of rotatable bonds is 6. The summed E-state index contributed by atoms with van der Waals surface area (Å²) in [5.74, 6) is 0.790. The van der Waals surface area contributed by atoms with Crippen LogP contribution in [0.2, 0.25) is 0 Å². The van der Waals surface area contributed by atoms with E-state index in [2.05, 4.69) is 6.58 Å². The Morgan fingerprint density at radius 1 is 1.10 bits per heavy atom. The molecule has 21 heavy (non-hydrogen) atoms. The number of allylic oxidation sites excluding steroid dienone is 1. The molecule has 0 aliphatic rings. The third-order valence-electron chi connectivity index (χ3n) is 1.94. The van der Waals surface area contributed by atoms with E-state index in [0.717, 1.165) is 17.7 Å². The monoisotopic (exact) mass is 339 g/mol. The predicted octanol–water partition coefficient (Wildman–Crippen LogP) is 0.901. The highest BCUT2D eigenvalue weighted by atomic mass is 33.2. The van der Waals surface area contributed by atoms with Gasteiger partial charge in [0.25, 0.3) is 0 Å². The molecule has 0 bridgehead atoms. The third kappa shape index (κ3) is 7.78.